The average molecular weight is 380 g/mol. The van der Waals surface area contributed by atoms with Gasteiger partial charge in [-0.05, 0) is 43.2 Å². The molecule has 2 aromatic rings. The first kappa shape index (κ1) is 19.9. The van der Waals surface area contributed by atoms with Crippen molar-refractivity contribution in [1.82, 2.24) is 4.72 Å². The van der Waals surface area contributed by atoms with Crippen molar-refractivity contribution in [2.75, 3.05) is 18.2 Å². The van der Waals surface area contributed by atoms with Crippen LogP contribution in [0.15, 0.2) is 48.5 Å². The number of anilines is 1. The zero-order valence-electron chi connectivity index (χ0n) is 14.5. The molecule has 140 valence electrons. The topological polar surface area (TPSA) is 84.5 Å². The fourth-order valence-electron chi connectivity index (χ4n) is 2.27. The summed E-state index contributed by atoms with van der Waals surface area (Å²) in [4.78, 5) is 12.1. The van der Waals surface area contributed by atoms with Crippen LogP contribution in [0.4, 0.5) is 10.1 Å². The first-order chi connectivity index (χ1) is 12.3. The summed E-state index contributed by atoms with van der Waals surface area (Å²) in [5, 5.41) is 2.36. The number of halogens is 1. The summed E-state index contributed by atoms with van der Waals surface area (Å²) in [6, 6.07) is 11.7. The molecule has 0 aliphatic heterocycles. The summed E-state index contributed by atoms with van der Waals surface area (Å²) in [7, 11) is -2.16. The van der Waals surface area contributed by atoms with Crippen molar-refractivity contribution < 1.29 is 22.3 Å². The highest BCUT2D eigenvalue weighted by Crippen LogP contribution is 2.14. The molecule has 2 rings (SSSR count). The highest BCUT2D eigenvalue weighted by molar-refractivity contribution is 7.89. The number of amides is 1. The van der Waals surface area contributed by atoms with Gasteiger partial charge in [0.1, 0.15) is 11.6 Å². The molecule has 0 aliphatic carbocycles. The quantitative estimate of drug-likeness (QED) is 0.736. The van der Waals surface area contributed by atoms with Gasteiger partial charge < -0.3 is 10.1 Å². The Morgan fingerprint density at radius 2 is 1.92 bits per heavy atom. The van der Waals surface area contributed by atoms with Gasteiger partial charge in [-0.2, -0.15) is 0 Å². The molecule has 0 aliphatic rings. The monoisotopic (exact) mass is 380 g/mol. The number of rotatable bonds is 8. The van der Waals surface area contributed by atoms with Gasteiger partial charge >= 0.3 is 0 Å². The number of nitrogens with one attached hydrogen (secondary N) is 2. The zero-order chi connectivity index (χ0) is 19.2. The van der Waals surface area contributed by atoms with Gasteiger partial charge in [-0.25, -0.2) is 17.5 Å². The lowest BCUT2D eigenvalue weighted by Crippen LogP contribution is -2.42. The van der Waals surface area contributed by atoms with Crippen LogP contribution >= 0.6 is 0 Å². The number of hydrogen-bond acceptors (Lipinski definition) is 4. The molecule has 1 atom stereocenters. The predicted molar refractivity (Wildman–Crippen MR) is 98.1 cm³/mol. The largest absolute Gasteiger partial charge is 0.497 e. The van der Waals surface area contributed by atoms with Gasteiger partial charge in [0.05, 0.1) is 24.6 Å². The second-order valence-electron chi connectivity index (χ2n) is 5.73. The van der Waals surface area contributed by atoms with Crippen LogP contribution in [-0.2, 0) is 21.2 Å². The van der Waals surface area contributed by atoms with E-state index in [1.165, 1.54) is 32.2 Å². The molecular weight excluding hydrogens is 359 g/mol. The Kier molecular flexibility index (Phi) is 6.70. The van der Waals surface area contributed by atoms with E-state index in [9.17, 15) is 17.6 Å². The molecule has 26 heavy (non-hydrogen) atoms. The van der Waals surface area contributed by atoms with Crippen molar-refractivity contribution in [3.63, 3.8) is 0 Å². The number of sulfonamides is 1. The number of methoxy groups -OCH3 is 1. The lowest BCUT2D eigenvalue weighted by atomic mass is 10.2. The van der Waals surface area contributed by atoms with Gasteiger partial charge in [0.25, 0.3) is 0 Å². The molecule has 1 amide bonds. The minimum absolute atomic E-state index is 0.0000662. The predicted octanol–water partition coefficient (Wildman–Crippen LogP) is 2.32. The van der Waals surface area contributed by atoms with Crippen LogP contribution in [0.25, 0.3) is 0 Å². The molecule has 0 saturated heterocycles. The normalized spacial score (nSPS) is 12.4. The van der Waals surface area contributed by atoms with Gasteiger partial charge in [-0.15, -0.1) is 0 Å². The van der Waals surface area contributed by atoms with Crippen LogP contribution in [0.3, 0.4) is 0 Å². The van der Waals surface area contributed by atoms with Crippen molar-refractivity contribution >= 4 is 21.6 Å². The highest BCUT2D eigenvalue weighted by Gasteiger charge is 2.21. The van der Waals surface area contributed by atoms with E-state index in [1.54, 1.807) is 30.3 Å². The number of hydrogen-bond donors (Lipinski definition) is 2. The van der Waals surface area contributed by atoms with Crippen LogP contribution < -0.4 is 14.8 Å². The molecule has 2 aromatic carbocycles. The van der Waals surface area contributed by atoms with Crippen LogP contribution in [0.5, 0.6) is 5.75 Å². The summed E-state index contributed by atoms with van der Waals surface area (Å²) in [5.41, 5.74) is 0.804. The van der Waals surface area contributed by atoms with Crippen LogP contribution in [0.2, 0.25) is 0 Å². The van der Waals surface area contributed by atoms with E-state index in [-0.39, 0.29) is 17.9 Å². The summed E-state index contributed by atoms with van der Waals surface area (Å²) in [6.45, 7) is 1.40. The molecule has 2 N–H and O–H groups in total. The standard InChI is InChI=1S/C18H21FN2O4S/c1-13(18(22)20-17-9-4-3-8-16(17)19)21-26(23,24)11-10-14-6-5-7-15(12-14)25-2/h3-9,12-13,21H,10-11H2,1-2H3,(H,20,22). The van der Waals surface area contributed by atoms with Crippen molar-refractivity contribution in [3.8, 4) is 5.75 Å². The number of ether oxygens (including phenoxy) is 1. The zero-order valence-corrected chi connectivity index (χ0v) is 15.3. The number of carbonyl (C=O) groups excluding carboxylic acids is 1. The smallest absolute Gasteiger partial charge is 0.242 e. The van der Waals surface area contributed by atoms with Crippen LogP contribution in [0, 0.1) is 5.82 Å². The molecule has 6 nitrogen and oxygen atoms in total. The second kappa shape index (κ2) is 8.77. The average Bonchev–Trinajstić information content (AvgIpc) is 2.62. The molecule has 1 unspecified atom stereocenters. The molecule has 0 spiro atoms. The van der Waals surface area contributed by atoms with E-state index in [2.05, 4.69) is 10.0 Å². The van der Waals surface area contributed by atoms with Crippen LogP contribution in [-0.4, -0.2) is 33.2 Å². The molecule has 0 saturated carbocycles. The maximum atomic E-state index is 13.6. The van der Waals surface area contributed by atoms with Crippen molar-refractivity contribution in [2.45, 2.75) is 19.4 Å². The number of carbonyl (C=O) groups is 1. The number of benzene rings is 2. The molecule has 0 fully saturated rings. The maximum absolute atomic E-state index is 13.6. The SMILES string of the molecule is COc1cccc(CCS(=O)(=O)NC(C)C(=O)Nc2ccccc2F)c1. The van der Waals surface area contributed by atoms with Crippen molar-refractivity contribution in [1.29, 1.82) is 0 Å². The van der Waals surface area contributed by atoms with E-state index in [4.69, 9.17) is 4.74 Å². The fourth-order valence-corrected chi connectivity index (χ4v) is 3.53. The minimum atomic E-state index is -3.69. The van der Waals surface area contributed by atoms with E-state index in [0.717, 1.165) is 5.56 Å². The second-order valence-corrected chi connectivity index (χ2v) is 7.60. The third kappa shape index (κ3) is 5.82. The van der Waals surface area contributed by atoms with Gasteiger partial charge in [0.2, 0.25) is 15.9 Å². The summed E-state index contributed by atoms with van der Waals surface area (Å²) in [5.74, 6) is -0.767. The van der Waals surface area contributed by atoms with E-state index in [0.29, 0.717) is 5.75 Å². The van der Waals surface area contributed by atoms with E-state index in [1.807, 2.05) is 0 Å². The van der Waals surface area contributed by atoms with Crippen molar-refractivity contribution in [3.05, 3.63) is 59.9 Å². The Morgan fingerprint density at radius 3 is 2.62 bits per heavy atom. The highest BCUT2D eigenvalue weighted by atomic mass is 32.2. The lowest BCUT2D eigenvalue weighted by molar-refractivity contribution is -0.117. The van der Waals surface area contributed by atoms with Gasteiger partial charge in [0, 0.05) is 0 Å². The fraction of sp³-hybridized carbons (Fsp3) is 0.278. The first-order valence-corrected chi connectivity index (χ1v) is 9.64. The summed E-state index contributed by atoms with van der Waals surface area (Å²) >= 11 is 0. The molecule has 0 aromatic heterocycles. The maximum Gasteiger partial charge on any atom is 0.242 e. The molecule has 0 heterocycles. The Morgan fingerprint density at radius 1 is 1.19 bits per heavy atom. The Balaban J connectivity index is 1.92. The Bertz CT molecular complexity index is 871. The van der Waals surface area contributed by atoms with Crippen LogP contribution in [0.1, 0.15) is 12.5 Å². The van der Waals surface area contributed by atoms with Gasteiger partial charge in [-0.1, -0.05) is 24.3 Å². The van der Waals surface area contributed by atoms with E-state index < -0.39 is 27.8 Å². The summed E-state index contributed by atoms with van der Waals surface area (Å²) in [6.07, 6.45) is 0.272. The third-order valence-electron chi connectivity index (χ3n) is 3.67. The Hall–Kier alpha value is -2.45. The molecule has 0 bridgehead atoms. The molecule has 0 radical (unpaired) electrons. The van der Waals surface area contributed by atoms with E-state index >= 15 is 0 Å². The number of aryl methyl sites for hydroxylation is 1. The first-order valence-electron chi connectivity index (χ1n) is 7.99. The third-order valence-corrected chi connectivity index (χ3v) is 5.13. The molecule has 8 heteroatoms. The Labute approximate surface area is 152 Å². The van der Waals surface area contributed by atoms with Crippen molar-refractivity contribution in [2.24, 2.45) is 0 Å². The van der Waals surface area contributed by atoms with Gasteiger partial charge in [0.15, 0.2) is 0 Å². The lowest BCUT2D eigenvalue weighted by Gasteiger charge is -2.15. The summed E-state index contributed by atoms with van der Waals surface area (Å²) < 4.78 is 45.4. The van der Waals surface area contributed by atoms with Gasteiger partial charge in [-0.3, -0.25) is 4.79 Å². The molecular formula is C18H21FN2O4S. The minimum Gasteiger partial charge on any atom is -0.497 e. The number of para-hydroxylation sites is 1.